The van der Waals surface area contributed by atoms with Gasteiger partial charge in [0.05, 0.1) is 13.0 Å². The van der Waals surface area contributed by atoms with Crippen LogP contribution in [0.4, 0.5) is 5.69 Å². The van der Waals surface area contributed by atoms with Crippen molar-refractivity contribution in [1.82, 2.24) is 10.6 Å². The smallest absolute Gasteiger partial charge is 0.251 e. The van der Waals surface area contributed by atoms with Gasteiger partial charge in [-0.25, -0.2) is 0 Å². The number of benzene rings is 2. The van der Waals surface area contributed by atoms with E-state index in [1.54, 1.807) is 36.3 Å². The zero-order valence-corrected chi connectivity index (χ0v) is 18.2. The highest BCUT2D eigenvalue weighted by Gasteiger charge is 2.35. The number of carbonyl (C=O) groups is 3. The summed E-state index contributed by atoms with van der Waals surface area (Å²) < 4.78 is 5.12. The fraction of sp³-hybridized carbons (Fsp3) is 0.375. The molecule has 2 N–H and O–H groups in total. The monoisotopic (exact) mass is 423 g/mol. The highest BCUT2D eigenvalue weighted by molar-refractivity contribution is 6.00. The van der Waals surface area contributed by atoms with E-state index in [4.69, 9.17) is 4.74 Å². The van der Waals surface area contributed by atoms with Crippen molar-refractivity contribution in [3.63, 3.8) is 0 Å². The van der Waals surface area contributed by atoms with Crippen molar-refractivity contribution in [2.24, 2.45) is 5.92 Å². The summed E-state index contributed by atoms with van der Waals surface area (Å²) in [7, 11) is 1.54. The average molecular weight is 424 g/mol. The summed E-state index contributed by atoms with van der Waals surface area (Å²) in [6.07, 6.45) is 0.188. The molecule has 3 rings (SSSR count). The van der Waals surface area contributed by atoms with E-state index in [-0.39, 0.29) is 24.1 Å². The molecule has 3 amide bonds. The summed E-state index contributed by atoms with van der Waals surface area (Å²) in [6, 6.07) is 14.8. The Morgan fingerprint density at radius 3 is 2.58 bits per heavy atom. The Kier molecular flexibility index (Phi) is 7.28. The van der Waals surface area contributed by atoms with E-state index in [9.17, 15) is 14.4 Å². The molecule has 31 heavy (non-hydrogen) atoms. The predicted molar refractivity (Wildman–Crippen MR) is 119 cm³/mol. The van der Waals surface area contributed by atoms with Gasteiger partial charge >= 0.3 is 0 Å². The first-order chi connectivity index (χ1) is 14.9. The van der Waals surface area contributed by atoms with Crippen molar-refractivity contribution in [2.75, 3.05) is 31.6 Å². The van der Waals surface area contributed by atoms with Crippen LogP contribution in [-0.2, 0) is 9.59 Å². The molecule has 0 aromatic heterocycles. The van der Waals surface area contributed by atoms with E-state index in [0.717, 1.165) is 11.3 Å². The van der Waals surface area contributed by atoms with Gasteiger partial charge in [0.15, 0.2) is 0 Å². The molecule has 7 nitrogen and oxygen atoms in total. The maximum absolute atomic E-state index is 12.5. The summed E-state index contributed by atoms with van der Waals surface area (Å²) in [5.74, 6) is 0.114. The molecule has 1 heterocycles. The third-order valence-electron chi connectivity index (χ3n) is 5.39. The Balaban J connectivity index is 1.47. The van der Waals surface area contributed by atoms with Crippen molar-refractivity contribution in [2.45, 2.75) is 26.2 Å². The van der Waals surface area contributed by atoms with Gasteiger partial charge in [0.1, 0.15) is 5.75 Å². The zero-order valence-electron chi connectivity index (χ0n) is 18.2. The minimum Gasteiger partial charge on any atom is -0.497 e. The number of nitrogens with one attached hydrogen (secondary N) is 2. The van der Waals surface area contributed by atoms with Gasteiger partial charge in [0.2, 0.25) is 11.8 Å². The Morgan fingerprint density at radius 1 is 1.10 bits per heavy atom. The molecular formula is C24H29N3O4. The largest absolute Gasteiger partial charge is 0.497 e. The van der Waals surface area contributed by atoms with Crippen LogP contribution < -0.4 is 20.3 Å². The number of carbonyl (C=O) groups excluding carboxylic acids is 3. The van der Waals surface area contributed by atoms with Crippen molar-refractivity contribution in [3.05, 3.63) is 59.7 Å². The summed E-state index contributed by atoms with van der Waals surface area (Å²) in [5.41, 5.74) is 2.48. The van der Waals surface area contributed by atoms with Crippen LogP contribution >= 0.6 is 0 Å². The summed E-state index contributed by atoms with van der Waals surface area (Å²) >= 11 is 0. The quantitative estimate of drug-likeness (QED) is 0.639. The molecule has 2 aromatic rings. The van der Waals surface area contributed by atoms with Crippen LogP contribution in [-0.4, -0.2) is 44.5 Å². The molecule has 164 valence electrons. The van der Waals surface area contributed by atoms with E-state index in [2.05, 4.69) is 24.5 Å². The molecule has 1 atom stereocenters. The van der Waals surface area contributed by atoms with Crippen LogP contribution in [0.25, 0.3) is 0 Å². The highest BCUT2D eigenvalue weighted by Crippen LogP contribution is 2.27. The number of nitrogens with zero attached hydrogens (tertiary/aromatic N) is 1. The third-order valence-corrected chi connectivity index (χ3v) is 5.39. The van der Waals surface area contributed by atoms with Gasteiger partial charge in [-0.1, -0.05) is 32.0 Å². The lowest BCUT2D eigenvalue weighted by Gasteiger charge is -2.18. The van der Waals surface area contributed by atoms with E-state index in [0.29, 0.717) is 36.9 Å². The first-order valence-electron chi connectivity index (χ1n) is 10.5. The Hall–Kier alpha value is -3.35. The second kappa shape index (κ2) is 10.1. The molecule has 0 saturated carbocycles. The predicted octanol–water partition coefficient (Wildman–Crippen LogP) is 2.72. The van der Waals surface area contributed by atoms with Gasteiger partial charge in [-0.3, -0.25) is 14.4 Å². The van der Waals surface area contributed by atoms with Gasteiger partial charge in [-0.2, -0.15) is 0 Å². The molecule has 1 aliphatic heterocycles. The van der Waals surface area contributed by atoms with Gasteiger partial charge in [-0.05, 0) is 41.8 Å². The van der Waals surface area contributed by atoms with Crippen LogP contribution in [0.1, 0.15) is 42.1 Å². The fourth-order valence-electron chi connectivity index (χ4n) is 3.56. The second-order valence-corrected chi connectivity index (χ2v) is 7.93. The SMILES string of the molecule is COc1cccc(C(=O)NCCNC(=O)C2CC(=O)N(c3cccc(C(C)C)c3)C2)c1. The Bertz CT molecular complexity index is 957. The molecule has 0 spiro atoms. The number of rotatable bonds is 8. The lowest BCUT2D eigenvalue weighted by Crippen LogP contribution is -2.38. The first-order valence-corrected chi connectivity index (χ1v) is 10.5. The fourth-order valence-corrected chi connectivity index (χ4v) is 3.56. The molecule has 1 unspecified atom stereocenters. The van der Waals surface area contributed by atoms with Crippen molar-refractivity contribution < 1.29 is 19.1 Å². The molecule has 1 aliphatic rings. The molecule has 0 radical (unpaired) electrons. The first kappa shape index (κ1) is 22.3. The van der Waals surface area contributed by atoms with E-state index >= 15 is 0 Å². The van der Waals surface area contributed by atoms with Crippen LogP contribution in [0.15, 0.2) is 48.5 Å². The number of methoxy groups -OCH3 is 1. The summed E-state index contributed by atoms with van der Waals surface area (Å²) in [5, 5.41) is 5.59. The molecule has 2 aromatic carbocycles. The maximum atomic E-state index is 12.5. The lowest BCUT2D eigenvalue weighted by atomic mass is 10.0. The molecule has 7 heteroatoms. The number of amides is 3. The molecule has 0 aliphatic carbocycles. The van der Waals surface area contributed by atoms with Gasteiger partial charge < -0.3 is 20.3 Å². The Morgan fingerprint density at radius 2 is 1.84 bits per heavy atom. The number of ether oxygens (including phenoxy) is 1. The molecule has 1 saturated heterocycles. The molecule has 0 bridgehead atoms. The van der Waals surface area contributed by atoms with Gasteiger partial charge in [0, 0.05) is 37.3 Å². The maximum Gasteiger partial charge on any atom is 0.251 e. The molecule has 1 fully saturated rings. The van der Waals surface area contributed by atoms with Crippen molar-refractivity contribution in [3.8, 4) is 5.75 Å². The Labute approximate surface area is 182 Å². The van der Waals surface area contributed by atoms with Gasteiger partial charge in [0.25, 0.3) is 5.91 Å². The van der Waals surface area contributed by atoms with Crippen molar-refractivity contribution >= 4 is 23.4 Å². The van der Waals surface area contributed by atoms with E-state index in [1.807, 2.05) is 24.3 Å². The van der Waals surface area contributed by atoms with Gasteiger partial charge in [-0.15, -0.1) is 0 Å². The van der Waals surface area contributed by atoms with E-state index < -0.39 is 5.92 Å². The second-order valence-electron chi connectivity index (χ2n) is 7.93. The topological polar surface area (TPSA) is 87.7 Å². The summed E-state index contributed by atoms with van der Waals surface area (Å²) in [6.45, 7) is 5.16. The van der Waals surface area contributed by atoms with Crippen LogP contribution in [0, 0.1) is 5.92 Å². The van der Waals surface area contributed by atoms with Crippen LogP contribution in [0.5, 0.6) is 5.75 Å². The zero-order chi connectivity index (χ0) is 22.4. The van der Waals surface area contributed by atoms with Crippen LogP contribution in [0.2, 0.25) is 0 Å². The minimum atomic E-state index is -0.399. The third kappa shape index (κ3) is 5.63. The highest BCUT2D eigenvalue weighted by atomic mass is 16.5. The van der Waals surface area contributed by atoms with Crippen molar-refractivity contribution in [1.29, 1.82) is 0 Å². The average Bonchev–Trinajstić information content (AvgIpc) is 3.18. The normalized spacial score (nSPS) is 15.8. The minimum absolute atomic E-state index is 0.0487. The molecular weight excluding hydrogens is 394 g/mol. The lowest BCUT2D eigenvalue weighted by molar-refractivity contribution is -0.126. The standard InChI is InChI=1S/C24H29N3O4/c1-16(2)17-6-4-8-20(12-17)27-15-19(14-22(27)28)24(30)26-11-10-25-23(29)18-7-5-9-21(13-18)31-3/h4-9,12-13,16,19H,10-11,14-15H2,1-3H3,(H,25,29)(H,26,30). The van der Waals surface area contributed by atoms with Crippen LogP contribution in [0.3, 0.4) is 0 Å². The summed E-state index contributed by atoms with van der Waals surface area (Å²) in [4.78, 5) is 38.9. The van der Waals surface area contributed by atoms with E-state index in [1.165, 1.54) is 0 Å². The number of hydrogen-bond donors (Lipinski definition) is 2. The number of anilines is 1. The number of hydrogen-bond acceptors (Lipinski definition) is 4.